The van der Waals surface area contributed by atoms with Crippen LogP contribution >= 0.6 is 11.3 Å². The second-order valence-electron chi connectivity index (χ2n) is 6.76. The summed E-state index contributed by atoms with van der Waals surface area (Å²) < 4.78 is 17.6. The predicted molar refractivity (Wildman–Crippen MR) is 118 cm³/mol. The number of nitrogens with zero attached hydrogens (tertiary/aromatic N) is 3. The van der Waals surface area contributed by atoms with Crippen LogP contribution in [0, 0.1) is 0 Å². The molecule has 2 heterocycles. The Kier molecular flexibility index (Phi) is 5.77. The van der Waals surface area contributed by atoms with Gasteiger partial charge in [0.1, 0.15) is 13.3 Å². The highest BCUT2D eigenvalue weighted by atomic mass is 32.1. The number of hydrogen-bond donors (Lipinski definition) is 0. The zero-order valence-corrected chi connectivity index (χ0v) is 18.1. The van der Waals surface area contributed by atoms with Gasteiger partial charge < -0.3 is 19.1 Å². The molecule has 9 heteroatoms. The van der Waals surface area contributed by atoms with Gasteiger partial charge in [0.05, 0.1) is 31.4 Å². The van der Waals surface area contributed by atoms with Gasteiger partial charge >= 0.3 is 5.97 Å². The van der Waals surface area contributed by atoms with Crippen molar-refractivity contribution in [1.82, 2.24) is 4.57 Å². The van der Waals surface area contributed by atoms with Gasteiger partial charge in [-0.2, -0.15) is 0 Å². The zero-order chi connectivity index (χ0) is 22.0. The molecule has 0 saturated carbocycles. The van der Waals surface area contributed by atoms with Crippen LogP contribution in [-0.4, -0.2) is 38.5 Å². The fourth-order valence-electron chi connectivity index (χ4n) is 3.30. The van der Waals surface area contributed by atoms with Gasteiger partial charge in [0.15, 0.2) is 16.3 Å². The minimum atomic E-state index is -0.387. The van der Waals surface area contributed by atoms with E-state index in [1.807, 2.05) is 35.2 Å². The van der Waals surface area contributed by atoms with Gasteiger partial charge in [-0.05, 0) is 48.0 Å². The maximum Gasteiger partial charge on any atom is 0.337 e. The minimum absolute atomic E-state index is 0.102. The Morgan fingerprint density at radius 1 is 1.06 bits per heavy atom. The lowest BCUT2D eigenvalue weighted by atomic mass is 10.2. The molecular weight excluding hydrogens is 418 g/mol. The Morgan fingerprint density at radius 2 is 1.81 bits per heavy atom. The van der Waals surface area contributed by atoms with Crippen molar-refractivity contribution in [2.45, 2.75) is 6.67 Å². The molecule has 160 valence electrons. The number of rotatable bonds is 5. The molecule has 0 spiro atoms. The first-order chi connectivity index (χ1) is 15.0. The van der Waals surface area contributed by atoms with Gasteiger partial charge in [-0.1, -0.05) is 17.4 Å². The summed E-state index contributed by atoms with van der Waals surface area (Å²) in [5.41, 5.74) is 2.07. The van der Waals surface area contributed by atoms with Crippen LogP contribution in [0.4, 0.5) is 5.69 Å². The van der Waals surface area contributed by atoms with Crippen molar-refractivity contribution in [2.75, 3.05) is 32.9 Å². The average molecular weight is 439 g/mol. The Balaban J connectivity index is 1.63. The maximum absolute atomic E-state index is 13.0. The quantitative estimate of drug-likeness (QED) is 0.562. The maximum atomic E-state index is 13.0. The van der Waals surface area contributed by atoms with Crippen molar-refractivity contribution >= 4 is 29.1 Å². The second-order valence-corrected chi connectivity index (χ2v) is 7.77. The second kappa shape index (κ2) is 8.65. The third kappa shape index (κ3) is 4.04. The van der Waals surface area contributed by atoms with E-state index in [9.17, 15) is 9.59 Å². The molecule has 0 fully saturated rings. The molecule has 0 N–H and O–H groups in total. The van der Waals surface area contributed by atoms with Crippen molar-refractivity contribution in [3.8, 4) is 11.5 Å². The monoisotopic (exact) mass is 439 g/mol. The number of esters is 1. The summed E-state index contributed by atoms with van der Waals surface area (Å²) in [6.07, 6.45) is 1.82. The normalized spacial score (nSPS) is 13.4. The lowest BCUT2D eigenvalue weighted by Crippen LogP contribution is -2.42. The summed E-state index contributed by atoms with van der Waals surface area (Å²) in [7, 11) is 4.50. The third-order valence-corrected chi connectivity index (χ3v) is 5.98. The Labute approximate surface area is 182 Å². The number of carbonyl (C=O) groups is 1. The highest BCUT2D eigenvalue weighted by molar-refractivity contribution is 7.07. The van der Waals surface area contributed by atoms with Crippen LogP contribution in [0.1, 0.15) is 15.9 Å². The molecule has 0 saturated heterocycles. The van der Waals surface area contributed by atoms with E-state index in [0.717, 1.165) is 11.3 Å². The first-order valence-corrected chi connectivity index (χ1v) is 10.3. The van der Waals surface area contributed by atoms with E-state index in [1.54, 1.807) is 37.0 Å². The van der Waals surface area contributed by atoms with Crippen LogP contribution in [0.5, 0.6) is 11.5 Å². The Morgan fingerprint density at radius 3 is 2.48 bits per heavy atom. The van der Waals surface area contributed by atoms with Crippen molar-refractivity contribution in [1.29, 1.82) is 0 Å². The molecule has 0 unspecified atom stereocenters. The minimum Gasteiger partial charge on any atom is -0.493 e. The molecular formula is C22H21N3O5S. The van der Waals surface area contributed by atoms with Crippen molar-refractivity contribution in [3.63, 3.8) is 0 Å². The van der Waals surface area contributed by atoms with Crippen molar-refractivity contribution in [2.24, 2.45) is 4.99 Å². The molecule has 0 atom stereocenters. The standard InChI is InChI=1S/C22H21N3O5S/c1-28-17-9-4-14(10-18(17)29-2)11-19-20(26)25-13-24(12-23-22(25)31-19)16-7-5-15(6-8-16)21(27)30-3/h4-11H,12-13H2,1-3H3/b19-11-. The van der Waals surface area contributed by atoms with Gasteiger partial charge in [0.2, 0.25) is 0 Å². The third-order valence-electron chi connectivity index (χ3n) is 4.94. The number of ether oxygens (including phenoxy) is 3. The molecule has 31 heavy (non-hydrogen) atoms. The van der Waals surface area contributed by atoms with E-state index in [2.05, 4.69) is 4.99 Å². The summed E-state index contributed by atoms with van der Waals surface area (Å²) in [6, 6.07) is 12.5. The molecule has 1 aromatic heterocycles. The summed E-state index contributed by atoms with van der Waals surface area (Å²) in [4.78, 5) is 31.8. The first-order valence-electron chi connectivity index (χ1n) is 9.45. The van der Waals surface area contributed by atoms with Crippen LogP contribution in [0.3, 0.4) is 0 Å². The molecule has 3 aromatic rings. The topological polar surface area (TPSA) is 82.4 Å². The van der Waals surface area contributed by atoms with Gasteiger partial charge in [0.25, 0.3) is 5.56 Å². The number of carbonyl (C=O) groups excluding carboxylic acids is 1. The highest BCUT2D eigenvalue weighted by Crippen LogP contribution is 2.27. The molecule has 1 aliphatic heterocycles. The summed E-state index contributed by atoms with van der Waals surface area (Å²) in [5.74, 6) is 0.844. The number of anilines is 1. The van der Waals surface area contributed by atoms with E-state index in [1.165, 1.54) is 18.4 Å². The number of thiazole rings is 1. The van der Waals surface area contributed by atoms with Crippen molar-refractivity contribution < 1.29 is 19.0 Å². The van der Waals surface area contributed by atoms with Gasteiger partial charge in [-0.15, -0.1) is 0 Å². The van der Waals surface area contributed by atoms with E-state index < -0.39 is 0 Å². The van der Waals surface area contributed by atoms with Crippen LogP contribution in [0.25, 0.3) is 6.08 Å². The number of benzene rings is 2. The summed E-state index contributed by atoms with van der Waals surface area (Å²) >= 11 is 1.36. The van der Waals surface area contributed by atoms with E-state index in [4.69, 9.17) is 14.2 Å². The average Bonchev–Trinajstić information content (AvgIpc) is 3.13. The molecule has 1 aliphatic rings. The van der Waals surface area contributed by atoms with Crippen LogP contribution in [0.2, 0.25) is 0 Å². The van der Waals surface area contributed by atoms with Crippen LogP contribution < -0.4 is 29.3 Å². The SMILES string of the molecule is COC(=O)c1ccc(N2CN=c3s/c(=C\c4ccc(OC)c(OC)c4)c(=O)n3C2)cc1. The summed E-state index contributed by atoms with van der Waals surface area (Å²) in [6.45, 7) is 0.804. The Bertz CT molecular complexity index is 1290. The fraction of sp³-hybridized carbons (Fsp3) is 0.227. The number of fused-ring (bicyclic) bond motifs is 1. The van der Waals surface area contributed by atoms with Gasteiger partial charge in [0, 0.05) is 5.69 Å². The lowest BCUT2D eigenvalue weighted by Gasteiger charge is -2.25. The fourth-order valence-corrected chi connectivity index (χ4v) is 4.26. The lowest BCUT2D eigenvalue weighted by molar-refractivity contribution is 0.0600. The van der Waals surface area contributed by atoms with Crippen LogP contribution in [0.15, 0.2) is 52.3 Å². The van der Waals surface area contributed by atoms with E-state index in [0.29, 0.717) is 39.7 Å². The largest absolute Gasteiger partial charge is 0.493 e. The smallest absolute Gasteiger partial charge is 0.337 e. The molecule has 4 rings (SSSR count). The number of aromatic nitrogens is 1. The number of hydrogen-bond acceptors (Lipinski definition) is 8. The molecule has 0 bridgehead atoms. The molecule has 0 radical (unpaired) electrons. The van der Waals surface area contributed by atoms with Gasteiger partial charge in [-0.3, -0.25) is 9.36 Å². The van der Waals surface area contributed by atoms with E-state index in [-0.39, 0.29) is 11.5 Å². The molecule has 8 nitrogen and oxygen atoms in total. The molecule has 0 aliphatic carbocycles. The van der Waals surface area contributed by atoms with E-state index >= 15 is 0 Å². The number of methoxy groups -OCH3 is 3. The van der Waals surface area contributed by atoms with Crippen LogP contribution in [-0.2, 0) is 11.4 Å². The predicted octanol–water partition coefficient (Wildman–Crippen LogP) is 1.60. The highest BCUT2D eigenvalue weighted by Gasteiger charge is 2.17. The first kappa shape index (κ1) is 20.7. The zero-order valence-electron chi connectivity index (χ0n) is 17.3. The van der Waals surface area contributed by atoms with Crippen molar-refractivity contribution in [3.05, 3.63) is 73.3 Å². The summed E-state index contributed by atoms with van der Waals surface area (Å²) in [5, 5.41) is 0. The Hall–Kier alpha value is -3.59. The molecule has 0 amide bonds. The molecule has 2 aromatic carbocycles. The van der Waals surface area contributed by atoms with Gasteiger partial charge in [-0.25, -0.2) is 9.79 Å².